The lowest BCUT2D eigenvalue weighted by Crippen LogP contribution is -2.31. The highest BCUT2D eigenvalue weighted by Gasteiger charge is 2.44. The van der Waals surface area contributed by atoms with E-state index in [0.717, 1.165) is 32.1 Å². The molecule has 2 rings (SSSR count). The summed E-state index contributed by atoms with van der Waals surface area (Å²) >= 11 is 6.26. The van der Waals surface area contributed by atoms with Crippen LogP contribution in [0.25, 0.3) is 0 Å². The number of allylic oxidation sites excluding steroid dienone is 3. The summed E-state index contributed by atoms with van der Waals surface area (Å²) in [6, 6.07) is 0. The Balaban J connectivity index is 2.16. The number of aliphatic hydroxyl groups excluding tert-OH is 1. The summed E-state index contributed by atoms with van der Waals surface area (Å²) in [5.74, 6) is -0.0469. The maximum Gasteiger partial charge on any atom is 0.306 e. The van der Waals surface area contributed by atoms with Gasteiger partial charge in [0, 0.05) is 18.3 Å². The minimum Gasteiger partial charge on any atom is -0.462 e. The lowest BCUT2D eigenvalue weighted by atomic mass is 9.88. The third-order valence-electron chi connectivity index (χ3n) is 4.72. The Bertz CT molecular complexity index is 419. The van der Waals surface area contributed by atoms with Crippen LogP contribution in [0.5, 0.6) is 0 Å². The van der Waals surface area contributed by atoms with Crippen LogP contribution < -0.4 is 0 Å². The third kappa shape index (κ3) is 4.60. The first-order valence-corrected chi connectivity index (χ1v) is 8.90. The van der Waals surface area contributed by atoms with Gasteiger partial charge in [-0.3, -0.25) is 4.79 Å². The molecule has 0 radical (unpaired) electrons. The summed E-state index contributed by atoms with van der Waals surface area (Å²) in [7, 11) is 0. The van der Waals surface area contributed by atoms with Crippen LogP contribution in [0.1, 0.15) is 51.9 Å². The molecule has 4 heteroatoms. The monoisotopic (exact) mass is 326 g/mol. The number of alkyl halides is 1. The Kier molecular flexibility index (Phi) is 6.97. The minimum absolute atomic E-state index is 0.0309. The van der Waals surface area contributed by atoms with Crippen LogP contribution in [0.15, 0.2) is 24.3 Å². The Labute approximate surface area is 138 Å². The van der Waals surface area contributed by atoms with Crippen molar-refractivity contribution in [2.24, 2.45) is 11.8 Å². The van der Waals surface area contributed by atoms with Gasteiger partial charge in [-0.2, -0.15) is 0 Å². The Morgan fingerprint density at radius 2 is 2.14 bits per heavy atom. The van der Waals surface area contributed by atoms with Crippen molar-refractivity contribution in [2.75, 3.05) is 0 Å². The van der Waals surface area contributed by atoms with E-state index in [9.17, 15) is 9.90 Å². The first-order chi connectivity index (χ1) is 10.6. The van der Waals surface area contributed by atoms with Crippen LogP contribution in [0, 0.1) is 11.8 Å². The standard InChI is InChI=1S/C18H27ClO3/c1-2-16-14-12-15(19)18(21)13(14)10-8-6-4-3-5-7-9-11-17(20)22-16/h3-4,8,10,13-16,18,21H,2,5-7,9,11-12H2,1H3/b4-3-,10-8-/t13-,14+,15+,16+,18+/m0/s1. The second-order valence-electron chi connectivity index (χ2n) is 6.30. The van der Waals surface area contributed by atoms with Crippen molar-refractivity contribution >= 4 is 17.6 Å². The molecular formula is C18H27ClO3. The molecule has 1 saturated carbocycles. The van der Waals surface area contributed by atoms with E-state index >= 15 is 0 Å². The van der Waals surface area contributed by atoms with Crippen molar-refractivity contribution in [3.05, 3.63) is 24.3 Å². The molecule has 1 heterocycles. The van der Waals surface area contributed by atoms with Gasteiger partial charge in [0.25, 0.3) is 0 Å². The van der Waals surface area contributed by atoms with E-state index in [4.69, 9.17) is 16.3 Å². The topological polar surface area (TPSA) is 46.5 Å². The van der Waals surface area contributed by atoms with Crippen molar-refractivity contribution in [3.63, 3.8) is 0 Å². The summed E-state index contributed by atoms with van der Waals surface area (Å²) < 4.78 is 5.69. The molecule has 1 fully saturated rings. The molecule has 3 nitrogen and oxygen atoms in total. The molecule has 22 heavy (non-hydrogen) atoms. The lowest BCUT2D eigenvalue weighted by molar-refractivity contribution is -0.153. The highest BCUT2D eigenvalue weighted by molar-refractivity contribution is 6.21. The molecule has 0 saturated heterocycles. The van der Waals surface area contributed by atoms with Gasteiger partial charge in [0.15, 0.2) is 0 Å². The zero-order valence-corrected chi connectivity index (χ0v) is 14.0. The molecule has 124 valence electrons. The Hall–Kier alpha value is -0.800. The maximum atomic E-state index is 12.0. The van der Waals surface area contributed by atoms with Crippen molar-refractivity contribution in [1.29, 1.82) is 0 Å². The van der Waals surface area contributed by atoms with Crippen molar-refractivity contribution in [2.45, 2.75) is 69.5 Å². The molecule has 0 aromatic heterocycles. The first-order valence-electron chi connectivity index (χ1n) is 8.46. The van der Waals surface area contributed by atoms with Gasteiger partial charge in [0.1, 0.15) is 6.10 Å². The number of halogens is 1. The number of hydrogen-bond donors (Lipinski definition) is 1. The van der Waals surface area contributed by atoms with E-state index in [1.807, 2.05) is 6.92 Å². The zero-order valence-electron chi connectivity index (χ0n) is 13.3. The first kappa shape index (κ1) is 17.6. The third-order valence-corrected chi connectivity index (χ3v) is 5.15. The Morgan fingerprint density at radius 1 is 1.32 bits per heavy atom. The van der Waals surface area contributed by atoms with Gasteiger partial charge in [0.2, 0.25) is 0 Å². The SMILES string of the molecule is CC[C@H]1OC(=O)CCCC/C=C\C/C=C\[C@@H]2[C@@H](O)[C@H](Cl)C[C@H]21. The zero-order chi connectivity index (χ0) is 15.9. The molecule has 2 aliphatic rings. The number of fused-ring (bicyclic) bond motifs is 1. The normalized spacial score (nSPS) is 40.3. The molecule has 0 amide bonds. The molecule has 5 atom stereocenters. The van der Waals surface area contributed by atoms with Gasteiger partial charge >= 0.3 is 5.97 Å². The van der Waals surface area contributed by atoms with Crippen LogP contribution in [-0.4, -0.2) is 28.7 Å². The van der Waals surface area contributed by atoms with Gasteiger partial charge in [-0.1, -0.05) is 31.2 Å². The molecule has 0 aromatic rings. The molecule has 0 aromatic carbocycles. The van der Waals surface area contributed by atoms with Crippen LogP contribution >= 0.6 is 11.6 Å². The van der Waals surface area contributed by atoms with Crippen LogP contribution in [-0.2, 0) is 9.53 Å². The number of hydrogen-bond acceptors (Lipinski definition) is 3. The van der Waals surface area contributed by atoms with E-state index in [-0.39, 0.29) is 29.3 Å². The maximum absolute atomic E-state index is 12.0. The molecule has 1 aliphatic carbocycles. The summed E-state index contributed by atoms with van der Waals surface area (Å²) in [5, 5.41) is 10.1. The van der Waals surface area contributed by atoms with E-state index in [1.165, 1.54) is 0 Å². The van der Waals surface area contributed by atoms with Crippen molar-refractivity contribution in [1.82, 2.24) is 0 Å². The average Bonchev–Trinajstić information content (AvgIpc) is 2.78. The summed E-state index contributed by atoms with van der Waals surface area (Å²) in [6.45, 7) is 2.03. The number of esters is 1. The number of rotatable bonds is 1. The van der Waals surface area contributed by atoms with E-state index in [1.54, 1.807) is 0 Å². The van der Waals surface area contributed by atoms with Crippen molar-refractivity contribution < 1.29 is 14.6 Å². The predicted octanol–water partition coefficient (Wildman–Crippen LogP) is 3.99. The molecule has 0 bridgehead atoms. The van der Waals surface area contributed by atoms with E-state index in [0.29, 0.717) is 12.8 Å². The number of carbonyl (C=O) groups is 1. The summed E-state index contributed by atoms with van der Waals surface area (Å²) in [5.41, 5.74) is 0. The fourth-order valence-electron chi connectivity index (χ4n) is 3.47. The second kappa shape index (κ2) is 8.73. The van der Waals surface area contributed by atoms with E-state index in [2.05, 4.69) is 24.3 Å². The molecule has 1 N–H and O–H groups in total. The quantitative estimate of drug-likeness (QED) is 0.450. The van der Waals surface area contributed by atoms with Crippen LogP contribution in [0.3, 0.4) is 0 Å². The minimum atomic E-state index is -0.562. The predicted molar refractivity (Wildman–Crippen MR) is 88.8 cm³/mol. The lowest BCUT2D eigenvalue weighted by Gasteiger charge is -2.27. The van der Waals surface area contributed by atoms with Gasteiger partial charge < -0.3 is 9.84 Å². The van der Waals surface area contributed by atoms with Crippen molar-refractivity contribution in [3.8, 4) is 0 Å². The van der Waals surface area contributed by atoms with Gasteiger partial charge in [-0.25, -0.2) is 0 Å². The molecule has 0 spiro atoms. The summed E-state index contributed by atoms with van der Waals surface area (Å²) in [6.07, 6.45) is 13.4. The fraction of sp³-hybridized carbons (Fsp3) is 0.722. The average molecular weight is 327 g/mol. The number of cyclic esters (lactones) is 1. The fourth-order valence-corrected chi connectivity index (χ4v) is 3.84. The number of aliphatic hydroxyl groups is 1. The number of carbonyl (C=O) groups excluding carboxylic acids is 1. The van der Waals surface area contributed by atoms with Gasteiger partial charge in [-0.15, -0.1) is 11.6 Å². The molecule has 0 unspecified atom stereocenters. The Morgan fingerprint density at radius 3 is 2.91 bits per heavy atom. The summed E-state index contributed by atoms with van der Waals surface area (Å²) in [4.78, 5) is 12.0. The number of ether oxygens (including phenoxy) is 1. The molecule has 1 aliphatic heterocycles. The largest absolute Gasteiger partial charge is 0.462 e. The van der Waals surface area contributed by atoms with Gasteiger partial charge in [0.05, 0.1) is 11.5 Å². The van der Waals surface area contributed by atoms with E-state index < -0.39 is 6.10 Å². The van der Waals surface area contributed by atoms with Crippen LogP contribution in [0.2, 0.25) is 0 Å². The smallest absolute Gasteiger partial charge is 0.306 e. The second-order valence-corrected chi connectivity index (χ2v) is 6.86. The highest BCUT2D eigenvalue weighted by atomic mass is 35.5. The highest BCUT2D eigenvalue weighted by Crippen LogP contribution is 2.40. The van der Waals surface area contributed by atoms with Crippen LogP contribution in [0.4, 0.5) is 0 Å². The molecular weight excluding hydrogens is 300 g/mol. The van der Waals surface area contributed by atoms with Gasteiger partial charge in [-0.05, 0) is 38.5 Å².